The number of nitrogens with zero attached hydrogens (tertiary/aromatic N) is 5. The SMILES string of the molecule is O=S1(=O)c2ccccc2S(=O)(=O)N1CC(O)CN1CCN(c2ncccn2)CC1. The summed E-state index contributed by atoms with van der Waals surface area (Å²) in [5, 5.41) is 10.4. The Morgan fingerprint density at radius 1 is 0.862 bits per heavy atom. The van der Waals surface area contributed by atoms with Crippen molar-refractivity contribution in [1.82, 2.24) is 18.6 Å². The van der Waals surface area contributed by atoms with Crippen LogP contribution in [-0.4, -0.2) is 85.9 Å². The first kappa shape index (κ1) is 20.2. The van der Waals surface area contributed by atoms with Gasteiger partial charge in [0, 0.05) is 45.1 Å². The number of rotatable bonds is 5. The van der Waals surface area contributed by atoms with Crippen molar-refractivity contribution in [2.45, 2.75) is 15.9 Å². The van der Waals surface area contributed by atoms with E-state index in [4.69, 9.17) is 0 Å². The highest BCUT2D eigenvalue weighted by Gasteiger charge is 2.47. The molecule has 29 heavy (non-hydrogen) atoms. The van der Waals surface area contributed by atoms with Crippen LogP contribution in [0.3, 0.4) is 0 Å². The number of piperazine rings is 1. The first-order chi connectivity index (χ1) is 13.8. The van der Waals surface area contributed by atoms with Gasteiger partial charge in [0.1, 0.15) is 9.79 Å². The minimum absolute atomic E-state index is 0.168. The highest BCUT2D eigenvalue weighted by molar-refractivity contribution is 8.06. The lowest BCUT2D eigenvalue weighted by Gasteiger charge is -2.35. The number of sulfonamides is 2. The molecule has 1 atom stereocenters. The van der Waals surface area contributed by atoms with Crippen LogP contribution in [0, 0.1) is 0 Å². The van der Waals surface area contributed by atoms with Gasteiger partial charge in [0.15, 0.2) is 0 Å². The molecular formula is C17H21N5O5S2. The van der Waals surface area contributed by atoms with Crippen molar-refractivity contribution in [2.75, 3.05) is 44.2 Å². The van der Waals surface area contributed by atoms with Crippen molar-refractivity contribution < 1.29 is 21.9 Å². The molecule has 1 saturated heterocycles. The quantitative estimate of drug-likeness (QED) is 0.647. The van der Waals surface area contributed by atoms with Crippen molar-refractivity contribution in [3.8, 4) is 0 Å². The maximum absolute atomic E-state index is 12.6. The lowest BCUT2D eigenvalue weighted by Crippen LogP contribution is -2.50. The van der Waals surface area contributed by atoms with E-state index in [9.17, 15) is 21.9 Å². The topological polar surface area (TPSA) is 124 Å². The summed E-state index contributed by atoms with van der Waals surface area (Å²) in [6, 6.07) is 7.22. The Labute approximate surface area is 169 Å². The van der Waals surface area contributed by atoms with Gasteiger partial charge in [0.05, 0.1) is 12.6 Å². The molecule has 0 spiro atoms. The second-order valence-electron chi connectivity index (χ2n) is 6.90. The average Bonchev–Trinajstić information content (AvgIpc) is 2.87. The van der Waals surface area contributed by atoms with Crippen molar-refractivity contribution in [3.63, 3.8) is 0 Å². The molecule has 156 valence electrons. The predicted molar refractivity (Wildman–Crippen MR) is 104 cm³/mol. The van der Waals surface area contributed by atoms with Gasteiger partial charge < -0.3 is 10.0 Å². The zero-order valence-corrected chi connectivity index (χ0v) is 17.1. The maximum atomic E-state index is 12.6. The van der Waals surface area contributed by atoms with Gasteiger partial charge in [-0.3, -0.25) is 4.90 Å². The van der Waals surface area contributed by atoms with E-state index in [-0.39, 0.29) is 16.3 Å². The van der Waals surface area contributed by atoms with Crippen molar-refractivity contribution >= 4 is 26.0 Å². The van der Waals surface area contributed by atoms with E-state index < -0.39 is 32.7 Å². The molecule has 1 aromatic heterocycles. The van der Waals surface area contributed by atoms with Crippen LogP contribution in [0.25, 0.3) is 0 Å². The Morgan fingerprint density at radius 3 is 1.97 bits per heavy atom. The predicted octanol–water partition coefficient (Wildman–Crippen LogP) is -0.647. The van der Waals surface area contributed by atoms with Gasteiger partial charge in [-0.15, -0.1) is 0 Å². The normalized spacial score (nSPS) is 22.3. The van der Waals surface area contributed by atoms with Crippen LogP contribution < -0.4 is 4.90 Å². The van der Waals surface area contributed by atoms with Crippen molar-refractivity contribution in [1.29, 1.82) is 0 Å². The number of aromatic nitrogens is 2. The third-order valence-electron chi connectivity index (χ3n) is 4.98. The van der Waals surface area contributed by atoms with Crippen molar-refractivity contribution in [2.24, 2.45) is 0 Å². The van der Waals surface area contributed by atoms with E-state index in [1.807, 2.05) is 9.80 Å². The summed E-state index contributed by atoms with van der Waals surface area (Å²) in [6.45, 7) is 2.21. The number of aliphatic hydroxyl groups is 1. The molecule has 0 radical (unpaired) electrons. The van der Waals surface area contributed by atoms with Gasteiger partial charge in [-0.25, -0.2) is 26.8 Å². The van der Waals surface area contributed by atoms with Crippen LogP contribution in [0.2, 0.25) is 0 Å². The van der Waals surface area contributed by atoms with E-state index in [2.05, 4.69) is 9.97 Å². The Morgan fingerprint density at radius 2 is 1.41 bits per heavy atom. The number of aliphatic hydroxyl groups excluding tert-OH is 1. The Bertz CT molecular complexity index is 1030. The Balaban J connectivity index is 1.39. The van der Waals surface area contributed by atoms with Crippen LogP contribution in [0.15, 0.2) is 52.5 Å². The first-order valence-electron chi connectivity index (χ1n) is 9.09. The zero-order valence-electron chi connectivity index (χ0n) is 15.5. The highest BCUT2D eigenvalue weighted by atomic mass is 32.3. The molecule has 12 heteroatoms. The molecule has 0 amide bonds. The van der Waals surface area contributed by atoms with Gasteiger partial charge >= 0.3 is 0 Å². The molecule has 0 bridgehead atoms. The molecule has 1 fully saturated rings. The fraction of sp³-hybridized carbons (Fsp3) is 0.412. The minimum Gasteiger partial charge on any atom is -0.390 e. The third kappa shape index (κ3) is 3.73. The molecule has 2 aliphatic heterocycles. The molecule has 0 saturated carbocycles. The summed E-state index contributed by atoms with van der Waals surface area (Å²) in [5.74, 6) is 0.639. The van der Waals surface area contributed by atoms with Gasteiger partial charge in [0.25, 0.3) is 20.0 Å². The molecule has 1 unspecified atom stereocenters. The largest absolute Gasteiger partial charge is 0.390 e. The van der Waals surface area contributed by atoms with E-state index in [0.717, 1.165) is 0 Å². The number of anilines is 1. The summed E-state index contributed by atoms with van der Waals surface area (Å²) in [5.41, 5.74) is 0. The Hall–Kier alpha value is -2.12. The Kier molecular flexibility index (Phi) is 5.29. The first-order valence-corrected chi connectivity index (χ1v) is 12.0. The van der Waals surface area contributed by atoms with Crippen LogP contribution in [0.1, 0.15) is 0 Å². The van der Waals surface area contributed by atoms with E-state index in [0.29, 0.717) is 35.8 Å². The second-order valence-corrected chi connectivity index (χ2v) is 10.8. The number of fused-ring (bicyclic) bond motifs is 1. The van der Waals surface area contributed by atoms with Gasteiger partial charge in [0.2, 0.25) is 5.95 Å². The molecule has 0 aliphatic carbocycles. The highest BCUT2D eigenvalue weighted by Crippen LogP contribution is 2.36. The fourth-order valence-electron chi connectivity index (χ4n) is 3.53. The lowest BCUT2D eigenvalue weighted by molar-refractivity contribution is 0.102. The summed E-state index contributed by atoms with van der Waals surface area (Å²) < 4.78 is 50.9. The molecular weight excluding hydrogens is 418 g/mol. The summed E-state index contributed by atoms with van der Waals surface area (Å²) >= 11 is 0. The fourth-order valence-corrected chi connectivity index (χ4v) is 8.00. The van der Waals surface area contributed by atoms with Crippen LogP contribution in [0.4, 0.5) is 5.95 Å². The summed E-state index contributed by atoms with van der Waals surface area (Å²) in [4.78, 5) is 11.9. The molecule has 2 aliphatic rings. The third-order valence-corrected chi connectivity index (χ3v) is 9.48. The van der Waals surface area contributed by atoms with Crippen LogP contribution in [-0.2, 0) is 20.0 Å². The molecule has 1 N–H and O–H groups in total. The lowest BCUT2D eigenvalue weighted by atomic mass is 10.2. The molecule has 10 nitrogen and oxygen atoms in total. The average molecular weight is 440 g/mol. The zero-order chi connectivity index (χ0) is 20.6. The number of β-amino-alcohol motifs (C(OH)–C–C–N with tert-alkyl or cyclic N) is 1. The molecule has 4 rings (SSSR count). The number of hydrogen-bond acceptors (Lipinski definition) is 9. The van der Waals surface area contributed by atoms with Crippen LogP contribution in [0.5, 0.6) is 0 Å². The van der Waals surface area contributed by atoms with E-state index >= 15 is 0 Å². The van der Waals surface area contributed by atoms with Gasteiger partial charge in [-0.05, 0) is 18.2 Å². The standard InChI is InChI=1S/C17H21N5O5S2/c23-14(12-20-8-10-21(11-9-20)17-18-6-3-7-19-17)13-22-28(24,25)15-4-1-2-5-16(15)29(22,26)27/h1-7,14,23H,8-13H2. The molecule has 3 heterocycles. The van der Waals surface area contributed by atoms with Gasteiger partial charge in [-0.1, -0.05) is 15.8 Å². The monoisotopic (exact) mass is 439 g/mol. The number of hydrogen-bond donors (Lipinski definition) is 1. The molecule has 1 aromatic carbocycles. The summed E-state index contributed by atoms with van der Waals surface area (Å²) in [6.07, 6.45) is 2.20. The maximum Gasteiger partial charge on any atom is 0.257 e. The van der Waals surface area contributed by atoms with Crippen LogP contribution >= 0.6 is 0 Å². The van der Waals surface area contributed by atoms with Gasteiger partial charge in [-0.2, -0.15) is 0 Å². The summed E-state index contributed by atoms with van der Waals surface area (Å²) in [7, 11) is -8.39. The van der Waals surface area contributed by atoms with E-state index in [1.54, 1.807) is 18.5 Å². The van der Waals surface area contributed by atoms with Crippen molar-refractivity contribution in [3.05, 3.63) is 42.7 Å². The second kappa shape index (κ2) is 7.61. The smallest absolute Gasteiger partial charge is 0.257 e. The van der Waals surface area contributed by atoms with E-state index in [1.165, 1.54) is 24.3 Å². The minimum atomic E-state index is -4.19. The number of benzene rings is 1. The molecule has 2 aromatic rings.